The largest absolute Gasteiger partial charge is 0.315 e. The molecular formula is C10H11N2O. The second-order valence-electron chi connectivity index (χ2n) is 3.26. The third kappa shape index (κ3) is 1.16. The lowest BCUT2D eigenvalue weighted by atomic mass is 10.00. The molecule has 13 heavy (non-hydrogen) atoms. The zero-order chi connectivity index (χ0) is 9.42. The smallest absolute Gasteiger partial charge is 0.227 e. The number of fused-ring (bicyclic) bond motifs is 1. The van der Waals surface area contributed by atoms with Gasteiger partial charge in [0.15, 0.2) is 0 Å². The molecule has 3 nitrogen and oxygen atoms in total. The standard InChI is InChI=1S/C10H11N2O/c1-12-9-4-2-3-8(11)7(9)5-6-10(12)13/h2-4,11H,5-6H2,1H3. The minimum absolute atomic E-state index is 0.137. The fraction of sp³-hybridized carbons (Fsp3) is 0.300. The molecule has 0 saturated heterocycles. The van der Waals surface area contributed by atoms with Crippen molar-refractivity contribution in [2.75, 3.05) is 11.9 Å². The van der Waals surface area contributed by atoms with Crippen LogP contribution in [-0.2, 0) is 11.2 Å². The molecule has 1 N–H and O–H groups in total. The Balaban J connectivity index is 2.55. The Morgan fingerprint density at radius 2 is 2.15 bits per heavy atom. The van der Waals surface area contributed by atoms with E-state index < -0.39 is 0 Å². The van der Waals surface area contributed by atoms with Crippen molar-refractivity contribution >= 4 is 17.3 Å². The van der Waals surface area contributed by atoms with Gasteiger partial charge in [-0.25, -0.2) is 0 Å². The highest BCUT2D eigenvalue weighted by molar-refractivity contribution is 5.96. The number of nitrogens with zero attached hydrogens (tertiary/aromatic N) is 1. The van der Waals surface area contributed by atoms with Crippen LogP contribution in [0.3, 0.4) is 0 Å². The first-order valence-electron chi connectivity index (χ1n) is 4.30. The molecule has 1 amide bonds. The van der Waals surface area contributed by atoms with E-state index >= 15 is 0 Å². The molecule has 0 fully saturated rings. The fourth-order valence-electron chi connectivity index (χ4n) is 1.69. The van der Waals surface area contributed by atoms with Gasteiger partial charge >= 0.3 is 0 Å². The zero-order valence-corrected chi connectivity index (χ0v) is 7.50. The lowest BCUT2D eigenvalue weighted by molar-refractivity contribution is -0.118. The Morgan fingerprint density at radius 3 is 2.92 bits per heavy atom. The van der Waals surface area contributed by atoms with Crippen molar-refractivity contribution in [1.29, 1.82) is 0 Å². The van der Waals surface area contributed by atoms with E-state index in [1.54, 1.807) is 18.0 Å². The van der Waals surface area contributed by atoms with Crippen LogP contribution in [0.4, 0.5) is 11.4 Å². The Labute approximate surface area is 77.1 Å². The maximum Gasteiger partial charge on any atom is 0.227 e. The Bertz CT molecular complexity index is 360. The third-order valence-corrected chi connectivity index (χ3v) is 2.48. The molecule has 0 bridgehead atoms. The maximum absolute atomic E-state index is 11.3. The summed E-state index contributed by atoms with van der Waals surface area (Å²) < 4.78 is 0. The van der Waals surface area contributed by atoms with E-state index in [9.17, 15) is 4.79 Å². The molecule has 0 aromatic heterocycles. The third-order valence-electron chi connectivity index (χ3n) is 2.48. The van der Waals surface area contributed by atoms with Gasteiger partial charge < -0.3 is 10.6 Å². The molecule has 1 radical (unpaired) electrons. The fourth-order valence-corrected chi connectivity index (χ4v) is 1.69. The van der Waals surface area contributed by atoms with Crippen LogP contribution in [0.15, 0.2) is 18.2 Å². The molecule has 0 unspecified atom stereocenters. The van der Waals surface area contributed by atoms with Gasteiger partial charge in [0.1, 0.15) is 0 Å². The number of anilines is 1. The van der Waals surface area contributed by atoms with Crippen LogP contribution in [0, 0.1) is 0 Å². The Hall–Kier alpha value is -1.51. The molecule has 0 atom stereocenters. The van der Waals surface area contributed by atoms with E-state index in [0.717, 1.165) is 11.3 Å². The molecule has 67 valence electrons. The molecule has 0 saturated carbocycles. The van der Waals surface area contributed by atoms with Crippen molar-refractivity contribution in [2.24, 2.45) is 0 Å². The quantitative estimate of drug-likeness (QED) is 0.589. The number of hydrogen-bond acceptors (Lipinski definition) is 1. The minimum atomic E-state index is 0.137. The number of rotatable bonds is 0. The van der Waals surface area contributed by atoms with Gasteiger partial charge in [-0.1, -0.05) is 6.07 Å². The topological polar surface area (TPSA) is 44.1 Å². The summed E-state index contributed by atoms with van der Waals surface area (Å²) in [5.74, 6) is 0.137. The summed E-state index contributed by atoms with van der Waals surface area (Å²) in [4.78, 5) is 13.0. The maximum atomic E-state index is 11.3. The van der Waals surface area contributed by atoms with Crippen LogP contribution in [0.2, 0.25) is 0 Å². The Kier molecular flexibility index (Phi) is 1.72. The van der Waals surface area contributed by atoms with Crippen LogP contribution in [0.25, 0.3) is 0 Å². The first-order chi connectivity index (χ1) is 6.20. The van der Waals surface area contributed by atoms with E-state index in [4.69, 9.17) is 5.73 Å². The molecule has 0 spiro atoms. The number of amides is 1. The summed E-state index contributed by atoms with van der Waals surface area (Å²) in [7, 11) is 1.76. The normalized spacial score (nSPS) is 15.8. The van der Waals surface area contributed by atoms with Gasteiger partial charge in [-0.15, -0.1) is 0 Å². The van der Waals surface area contributed by atoms with Gasteiger partial charge in [0.25, 0.3) is 0 Å². The van der Waals surface area contributed by atoms with Gasteiger partial charge in [0.05, 0.1) is 5.69 Å². The van der Waals surface area contributed by atoms with Gasteiger partial charge in [-0.2, -0.15) is 0 Å². The first kappa shape index (κ1) is 8.10. The van der Waals surface area contributed by atoms with E-state index in [-0.39, 0.29) is 5.91 Å². The van der Waals surface area contributed by atoms with E-state index in [0.29, 0.717) is 18.5 Å². The van der Waals surface area contributed by atoms with Crippen LogP contribution >= 0.6 is 0 Å². The van der Waals surface area contributed by atoms with Crippen LogP contribution in [0.1, 0.15) is 12.0 Å². The predicted octanol–water partition coefficient (Wildman–Crippen LogP) is 1.51. The summed E-state index contributed by atoms with van der Waals surface area (Å²) in [5.41, 5.74) is 10.1. The lowest BCUT2D eigenvalue weighted by Crippen LogP contribution is -2.31. The summed E-state index contributed by atoms with van der Waals surface area (Å²) in [6.45, 7) is 0. The molecule has 3 heteroatoms. The van der Waals surface area contributed by atoms with Crippen molar-refractivity contribution in [3.63, 3.8) is 0 Å². The molecular weight excluding hydrogens is 164 g/mol. The average Bonchev–Trinajstić information content (AvgIpc) is 2.12. The van der Waals surface area contributed by atoms with E-state index in [2.05, 4.69) is 0 Å². The molecule has 1 aromatic rings. The number of carbonyl (C=O) groups excluding carboxylic acids is 1. The number of hydrogen-bond donors (Lipinski definition) is 0. The van der Waals surface area contributed by atoms with Gasteiger partial charge in [0.2, 0.25) is 5.91 Å². The highest BCUT2D eigenvalue weighted by Crippen LogP contribution is 2.31. The second kappa shape index (κ2) is 2.76. The van der Waals surface area contributed by atoms with Crippen molar-refractivity contribution in [3.8, 4) is 0 Å². The van der Waals surface area contributed by atoms with Gasteiger partial charge in [-0.05, 0) is 18.6 Å². The molecule has 0 aliphatic carbocycles. The van der Waals surface area contributed by atoms with E-state index in [1.807, 2.05) is 12.1 Å². The highest BCUT2D eigenvalue weighted by atomic mass is 16.2. The summed E-state index contributed by atoms with van der Waals surface area (Å²) >= 11 is 0. The predicted molar refractivity (Wildman–Crippen MR) is 50.9 cm³/mol. The van der Waals surface area contributed by atoms with Gasteiger partial charge in [0, 0.05) is 24.7 Å². The Morgan fingerprint density at radius 1 is 1.38 bits per heavy atom. The second-order valence-corrected chi connectivity index (χ2v) is 3.26. The zero-order valence-electron chi connectivity index (χ0n) is 7.50. The first-order valence-corrected chi connectivity index (χ1v) is 4.30. The molecule has 2 rings (SSSR count). The summed E-state index contributed by atoms with van der Waals surface area (Å²) in [6.07, 6.45) is 1.23. The van der Waals surface area contributed by atoms with Crippen molar-refractivity contribution in [3.05, 3.63) is 23.8 Å². The van der Waals surface area contributed by atoms with Crippen molar-refractivity contribution in [2.45, 2.75) is 12.8 Å². The summed E-state index contributed by atoms with van der Waals surface area (Å²) in [5, 5.41) is 0. The van der Waals surface area contributed by atoms with Crippen molar-refractivity contribution < 1.29 is 4.79 Å². The average molecular weight is 175 g/mol. The number of carbonyl (C=O) groups is 1. The van der Waals surface area contributed by atoms with Crippen LogP contribution in [-0.4, -0.2) is 13.0 Å². The van der Waals surface area contributed by atoms with E-state index in [1.165, 1.54) is 0 Å². The van der Waals surface area contributed by atoms with Crippen molar-refractivity contribution in [1.82, 2.24) is 5.73 Å². The monoisotopic (exact) mass is 175 g/mol. The van der Waals surface area contributed by atoms with Crippen LogP contribution < -0.4 is 10.6 Å². The highest BCUT2D eigenvalue weighted by Gasteiger charge is 2.21. The molecule has 1 aromatic carbocycles. The van der Waals surface area contributed by atoms with Gasteiger partial charge in [-0.3, -0.25) is 4.79 Å². The molecule has 1 aliphatic rings. The molecule has 1 heterocycles. The SMILES string of the molecule is CN1C(=O)CCc2c([NH])cccc21. The molecule has 1 aliphatic heterocycles. The minimum Gasteiger partial charge on any atom is -0.315 e. The van der Waals surface area contributed by atoms with Crippen LogP contribution in [0.5, 0.6) is 0 Å². The number of nitrogens with one attached hydrogen (secondary N) is 1. The lowest BCUT2D eigenvalue weighted by Gasteiger charge is -2.26. The number of benzene rings is 1. The summed E-state index contributed by atoms with van der Waals surface area (Å²) in [6, 6.07) is 5.48.